The van der Waals surface area contributed by atoms with E-state index in [0.29, 0.717) is 38.6 Å². The number of para-hydroxylation sites is 2. The zero-order valence-electron chi connectivity index (χ0n) is 22.3. The van der Waals surface area contributed by atoms with Crippen molar-refractivity contribution in [3.63, 3.8) is 0 Å². The van der Waals surface area contributed by atoms with Crippen LogP contribution in [0.2, 0.25) is 0 Å². The summed E-state index contributed by atoms with van der Waals surface area (Å²) < 4.78 is 7.61. The summed E-state index contributed by atoms with van der Waals surface area (Å²) in [5.41, 5.74) is 8.61. The van der Waals surface area contributed by atoms with E-state index in [-0.39, 0.29) is 29.7 Å². The molecule has 1 unspecified atom stereocenters. The zero-order valence-corrected chi connectivity index (χ0v) is 22.3. The Morgan fingerprint density at radius 2 is 1.84 bits per heavy atom. The Labute approximate surface area is 220 Å². The third-order valence-corrected chi connectivity index (χ3v) is 8.74. The Morgan fingerprint density at radius 3 is 2.65 bits per heavy atom. The molecule has 8 nitrogen and oxygen atoms in total. The van der Waals surface area contributed by atoms with Crippen molar-refractivity contribution >= 4 is 22.8 Å². The predicted molar refractivity (Wildman–Crippen MR) is 144 cm³/mol. The van der Waals surface area contributed by atoms with Gasteiger partial charge in [-0.15, -0.1) is 0 Å². The first-order chi connectivity index (χ1) is 18.0. The molecule has 202 valence electrons. The number of carbonyl (C=O) groups is 2. The number of imidazole rings is 1. The van der Waals surface area contributed by atoms with Gasteiger partial charge in [0.05, 0.1) is 17.0 Å². The normalized spacial score (nSPS) is 25.2. The Morgan fingerprint density at radius 1 is 1.03 bits per heavy atom. The number of ether oxygens (including phenoxy) is 1. The van der Waals surface area contributed by atoms with Crippen molar-refractivity contribution in [1.82, 2.24) is 19.4 Å². The molecule has 1 aliphatic carbocycles. The van der Waals surface area contributed by atoms with E-state index >= 15 is 0 Å². The van der Waals surface area contributed by atoms with Crippen molar-refractivity contribution < 1.29 is 14.3 Å². The molecule has 3 aliphatic rings. The van der Waals surface area contributed by atoms with Gasteiger partial charge < -0.3 is 24.8 Å². The largest absolute Gasteiger partial charge is 0.385 e. The van der Waals surface area contributed by atoms with E-state index < -0.39 is 0 Å². The van der Waals surface area contributed by atoms with Gasteiger partial charge in [0, 0.05) is 64.8 Å². The number of aryl methyl sites for hydroxylation is 1. The van der Waals surface area contributed by atoms with Gasteiger partial charge in [-0.1, -0.05) is 31.4 Å². The van der Waals surface area contributed by atoms with Crippen molar-refractivity contribution in [2.75, 3.05) is 39.9 Å². The average Bonchev–Trinajstić information content (AvgIpc) is 3.50. The van der Waals surface area contributed by atoms with Crippen molar-refractivity contribution in [2.45, 2.75) is 76.3 Å². The number of benzene rings is 1. The van der Waals surface area contributed by atoms with Gasteiger partial charge >= 0.3 is 0 Å². The second-order valence-corrected chi connectivity index (χ2v) is 11.4. The molecule has 2 aromatic rings. The fourth-order valence-corrected chi connectivity index (χ4v) is 6.69. The van der Waals surface area contributed by atoms with Crippen molar-refractivity contribution in [3.05, 3.63) is 30.1 Å². The highest BCUT2D eigenvalue weighted by Gasteiger charge is 2.41. The van der Waals surface area contributed by atoms with E-state index in [1.54, 1.807) is 7.11 Å². The topological polar surface area (TPSA) is 93.7 Å². The number of amides is 2. The minimum atomic E-state index is -0.311. The summed E-state index contributed by atoms with van der Waals surface area (Å²) in [6.07, 6.45) is 9.54. The lowest BCUT2D eigenvalue weighted by atomic mass is 9.87. The van der Waals surface area contributed by atoms with Crippen LogP contribution in [-0.2, 0) is 20.9 Å². The number of nitrogens with zero attached hydrogens (tertiary/aromatic N) is 4. The van der Waals surface area contributed by atoms with Crippen LogP contribution in [0.15, 0.2) is 24.3 Å². The fraction of sp³-hybridized carbons (Fsp3) is 0.690. The predicted octanol–water partition coefficient (Wildman–Crippen LogP) is 3.53. The number of likely N-dealkylation sites (tertiary alicyclic amines) is 2. The van der Waals surface area contributed by atoms with Gasteiger partial charge in [0.15, 0.2) is 0 Å². The Kier molecular flexibility index (Phi) is 8.45. The molecule has 2 N–H and O–H groups in total. The molecule has 1 saturated carbocycles. The molecule has 3 atom stereocenters. The minimum absolute atomic E-state index is 0.104. The molecule has 5 rings (SSSR count). The second kappa shape index (κ2) is 11.9. The van der Waals surface area contributed by atoms with Crippen LogP contribution in [0.25, 0.3) is 11.0 Å². The number of rotatable bonds is 8. The molecule has 3 fully saturated rings. The van der Waals surface area contributed by atoms with Crippen LogP contribution in [0.1, 0.15) is 69.5 Å². The Balaban J connectivity index is 1.25. The lowest BCUT2D eigenvalue weighted by Gasteiger charge is -2.35. The monoisotopic (exact) mass is 509 g/mol. The first-order valence-corrected chi connectivity index (χ1v) is 14.3. The molecule has 0 bridgehead atoms. The molecule has 3 heterocycles. The molecule has 1 aromatic carbocycles. The van der Waals surface area contributed by atoms with Gasteiger partial charge in [-0.25, -0.2) is 4.98 Å². The third kappa shape index (κ3) is 5.85. The molecule has 2 saturated heterocycles. The van der Waals surface area contributed by atoms with E-state index in [4.69, 9.17) is 15.5 Å². The summed E-state index contributed by atoms with van der Waals surface area (Å²) in [4.78, 5) is 35.5. The van der Waals surface area contributed by atoms with Crippen LogP contribution in [0, 0.1) is 11.8 Å². The van der Waals surface area contributed by atoms with Gasteiger partial charge in [0.25, 0.3) is 0 Å². The van der Waals surface area contributed by atoms with Crippen LogP contribution in [0.3, 0.4) is 0 Å². The lowest BCUT2D eigenvalue weighted by Crippen LogP contribution is -2.47. The average molecular weight is 510 g/mol. The van der Waals surface area contributed by atoms with Crippen molar-refractivity contribution in [1.29, 1.82) is 0 Å². The van der Waals surface area contributed by atoms with Crippen molar-refractivity contribution in [2.24, 2.45) is 17.6 Å². The fourth-order valence-electron chi connectivity index (χ4n) is 6.69. The SMILES string of the molecule is COCCCn1c(C2CCCN(C(=O)[C@@H]3CN(C(=O)CC4CCCCC4)C[C@H]3N)C2)nc2ccccc21. The number of hydrogen-bond acceptors (Lipinski definition) is 5. The van der Waals surface area contributed by atoms with Gasteiger partial charge in [-0.3, -0.25) is 9.59 Å². The summed E-state index contributed by atoms with van der Waals surface area (Å²) in [5.74, 6) is 1.73. The van der Waals surface area contributed by atoms with E-state index in [1.807, 2.05) is 15.9 Å². The van der Waals surface area contributed by atoms with Gasteiger partial charge in [0.2, 0.25) is 11.8 Å². The van der Waals surface area contributed by atoms with Crippen LogP contribution in [-0.4, -0.2) is 77.1 Å². The van der Waals surface area contributed by atoms with Crippen LogP contribution in [0.4, 0.5) is 0 Å². The summed E-state index contributed by atoms with van der Waals surface area (Å²) in [5, 5.41) is 0. The van der Waals surface area contributed by atoms with Gasteiger partial charge in [0.1, 0.15) is 5.82 Å². The lowest BCUT2D eigenvalue weighted by molar-refractivity contribution is -0.137. The molecule has 2 aliphatic heterocycles. The molecule has 8 heteroatoms. The smallest absolute Gasteiger partial charge is 0.229 e. The molecule has 0 radical (unpaired) electrons. The van der Waals surface area contributed by atoms with Crippen LogP contribution >= 0.6 is 0 Å². The summed E-state index contributed by atoms with van der Waals surface area (Å²) in [7, 11) is 1.73. The molecular weight excluding hydrogens is 466 g/mol. The Bertz CT molecular complexity index is 1080. The maximum Gasteiger partial charge on any atom is 0.229 e. The van der Waals surface area contributed by atoms with E-state index in [9.17, 15) is 9.59 Å². The number of hydrogen-bond donors (Lipinski definition) is 1. The van der Waals surface area contributed by atoms with Crippen molar-refractivity contribution in [3.8, 4) is 0 Å². The number of piperidine rings is 1. The molecule has 1 aromatic heterocycles. The van der Waals surface area contributed by atoms with E-state index in [2.05, 4.69) is 22.8 Å². The molecule has 0 spiro atoms. The maximum atomic E-state index is 13.7. The molecular formula is C29H43N5O3. The minimum Gasteiger partial charge on any atom is -0.385 e. The highest BCUT2D eigenvalue weighted by Crippen LogP contribution is 2.32. The van der Waals surface area contributed by atoms with Gasteiger partial charge in [-0.05, 0) is 50.2 Å². The quantitative estimate of drug-likeness (QED) is 0.550. The first-order valence-electron chi connectivity index (χ1n) is 14.3. The highest BCUT2D eigenvalue weighted by atomic mass is 16.5. The van der Waals surface area contributed by atoms with E-state index in [0.717, 1.165) is 62.1 Å². The van der Waals surface area contributed by atoms with Gasteiger partial charge in [-0.2, -0.15) is 0 Å². The van der Waals surface area contributed by atoms with Crippen LogP contribution in [0.5, 0.6) is 0 Å². The number of methoxy groups -OCH3 is 1. The molecule has 2 amide bonds. The number of aromatic nitrogens is 2. The highest BCUT2D eigenvalue weighted by molar-refractivity contribution is 5.83. The zero-order chi connectivity index (χ0) is 25.8. The number of nitrogens with two attached hydrogens (primary N) is 1. The molecule has 37 heavy (non-hydrogen) atoms. The standard InChI is InChI=1S/C29H43N5O3/c1-37-16-8-15-34-26-13-6-5-12-25(26)31-28(34)22-11-7-14-32(18-22)29(36)23-19-33(20-24(23)30)27(35)17-21-9-3-2-4-10-21/h5-6,12-13,21-24H,2-4,7-11,14-20,30H2,1H3/t22?,23-,24-/m1/s1. The summed E-state index contributed by atoms with van der Waals surface area (Å²) in [6.45, 7) is 3.91. The Hall–Kier alpha value is -2.45. The van der Waals surface area contributed by atoms with Crippen LogP contribution < -0.4 is 5.73 Å². The summed E-state index contributed by atoms with van der Waals surface area (Å²) >= 11 is 0. The second-order valence-electron chi connectivity index (χ2n) is 11.4. The number of carbonyl (C=O) groups excluding carboxylic acids is 2. The van der Waals surface area contributed by atoms with E-state index in [1.165, 1.54) is 19.3 Å². The number of fused-ring (bicyclic) bond motifs is 1. The third-order valence-electron chi connectivity index (χ3n) is 8.74. The maximum absolute atomic E-state index is 13.7. The summed E-state index contributed by atoms with van der Waals surface area (Å²) in [6, 6.07) is 7.98. The first kappa shape index (κ1) is 26.2.